The molecular weight excluding hydrogens is 328 g/mol. The van der Waals surface area contributed by atoms with Gasteiger partial charge in [-0.15, -0.1) is 0 Å². The minimum atomic E-state index is -0.636. The molecule has 2 nitrogen and oxygen atoms in total. The Morgan fingerprint density at radius 1 is 1.15 bits per heavy atom. The zero-order chi connectivity index (χ0) is 14.7. The van der Waals surface area contributed by atoms with E-state index in [-0.39, 0.29) is 22.0 Å². The lowest BCUT2D eigenvalue weighted by Gasteiger charge is -2.19. The maximum absolute atomic E-state index is 13.7. The molecule has 0 spiro atoms. The first-order valence-corrected chi connectivity index (χ1v) is 7.00. The third kappa shape index (κ3) is 3.28. The van der Waals surface area contributed by atoms with E-state index in [0.29, 0.717) is 0 Å². The predicted octanol–water partition coefficient (Wildman–Crippen LogP) is 5.00. The van der Waals surface area contributed by atoms with Crippen molar-refractivity contribution >= 4 is 21.6 Å². The number of phenolic OH excluding ortho intramolecular Hbond substituents is 1. The first kappa shape index (κ1) is 14.8. The van der Waals surface area contributed by atoms with Crippen LogP contribution in [-0.4, -0.2) is 5.11 Å². The van der Waals surface area contributed by atoms with E-state index in [4.69, 9.17) is 0 Å². The lowest BCUT2D eigenvalue weighted by Crippen LogP contribution is -2.11. The van der Waals surface area contributed by atoms with Gasteiger partial charge in [-0.25, -0.2) is 8.78 Å². The maximum Gasteiger partial charge on any atom is 0.149 e. The summed E-state index contributed by atoms with van der Waals surface area (Å²) in [4.78, 5) is 0. The summed E-state index contributed by atoms with van der Waals surface area (Å²) < 4.78 is 27.2. The van der Waals surface area contributed by atoms with Gasteiger partial charge in [0.25, 0.3) is 0 Å². The molecule has 2 aromatic carbocycles. The number of nitrogens with one attached hydrogen (secondary N) is 1. The number of halogens is 3. The van der Waals surface area contributed by atoms with Gasteiger partial charge in [-0.3, -0.25) is 0 Å². The fourth-order valence-electron chi connectivity index (χ4n) is 1.95. The van der Waals surface area contributed by atoms with Crippen molar-refractivity contribution in [2.75, 3.05) is 5.32 Å². The standard InChI is InChI=1S/C15H14BrF2NO/c1-2-14(9-3-5-10(20)6-4-9)19-15-7-11(16)12(17)8-13(15)18/h3-8,14,19-20H,2H2,1H3. The Kier molecular flexibility index (Phi) is 4.60. The van der Waals surface area contributed by atoms with E-state index in [9.17, 15) is 13.9 Å². The van der Waals surface area contributed by atoms with Crippen LogP contribution in [0.25, 0.3) is 0 Å². The largest absolute Gasteiger partial charge is 0.508 e. The molecule has 0 aromatic heterocycles. The molecule has 1 atom stereocenters. The second-order valence-corrected chi connectivity index (χ2v) is 5.30. The number of benzene rings is 2. The highest BCUT2D eigenvalue weighted by atomic mass is 79.9. The number of aromatic hydroxyl groups is 1. The van der Waals surface area contributed by atoms with E-state index >= 15 is 0 Å². The summed E-state index contributed by atoms with van der Waals surface area (Å²) >= 11 is 3.04. The first-order valence-electron chi connectivity index (χ1n) is 6.21. The van der Waals surface area contributed by atoms with Crippen molar-refractivity contribution in [3.63, 3.8) is 0 Å². The van der Waals surface area contributed by atoms with Crippen LogP contribution in [0.4, 0.5) is 14.5 Å². The molecule has 0 fully saturated rings. The molecule has 106 valence electrons. The highest BCUT2D eigenvalue weighted by Gasteiger charge is 2.14. The Labute approximate surface area is 124 Å². The third-order valence-corrected chi connectivity index (χ3v) is 3.65. The minimum absolute atomic E-state index is 0.123. The van der Waals surface area contributed by atoms with E-state index in [1.807, 2.05) is 6.92 Å². The molecule has 0 bridgehead atoms. The zero-order valence-corrected chi connectivity index (χ0v) is 12.4. The molecule has 2 N–H and O–H groups in total. The Morgan fingerprint density at radius 3 is 2.40 bits per heavy atom. The van der Waals surface area contributed by atoms with E-state index in [1.165, 1.54) is 6.07 Å². The van der Waals surface area contributed by atoms with Crippen LogP contribution in [0.15, 0.2) is 40.9 Å². The summed E-state index contributed by atoms with van der Waals surface area (Å²) in [6, 6.07) is 8.80. The number of hydrogen-bond acceptors (Lipinski definition) is 2. The van der Waals surface area contributed by atoms with Gasteiger partial charge in [0, 0.05) is 6.07 Å². The Hall–Kier alpha value is -1.62. The van der Waals surface area contributed by atoms with Crippen LogP contribution in [0, 0.1) is 11.6 Å². The van der Waals surface area contributed by atoms with Gasteiger partial charge in [-0.2, -0.15) is 0 Å². The maximum atomic E-state index is 13.7. The highest BCUT2D eigenvalue weighted by Crippen LogP contribution is 2.29. The molecule has 0 aliphatic rings. The van der Waals surface area contributed by atoms with E-state index in [0.717, 1.165) is 18.1 Å². The van der Waals surface area contributed by atoms with Gasteiger partial charge in [0.2, 0.25) is 0 Å². The molecular formula is C15H14BrF2NO. The lowest BCUT2D eigenvalue weighted by molar-refractivity contribution is 0.475. The topological polar surface area (TPSA) is 32.3 Å². The minimum Gasteiger partial charge on any atom is -0.508 e. The fourth-order valence-corrected chi connectivity index (χ4v) is 2.29. The summed E-state index contributed by atoms with van der Waals surface area (Å²) in [5.74, 6) is -1.09. The molecule has 1 unspecified atom stereocenters. The Morgan fingerprint density at radius 2 is 1.80 bits per heavy atom. The average molecular weight is 342 g/mol. The van der Waals surface area contributed by atoms with Crippen LogP contribution in [-0.2, 0) is 0 Å². The number of rotatable bonds is 4. The Balaban J connectivity index is 2.26. The van der Waals surface area contributed by atoms with Crippen LogP contribution >= 0.6 is 15.9 Å². The van der Waals surface area contributed by atoms with Crippen molar-refractivity contribution in [2.45, 2.75) is 19.4 Å². The summed E-state index contributed by atoms with van der Waals surface area (Å²) in [5, 5.41) is 12.3. The molecule has 2 aromatic rings. The number of hydrogen-bond donors (Lipinski definition) is 2. The van der Waals surface area contributed by atoms with Gasteiger partial charge < -0.3 is 10.4 Å². The molecule has 20 heavy (non-hydrogen) atoms. The third-order valence-electron chi connectivity index (χ3n) is 3.04. The van der Waals surface area contributed by atoms with Gasteiger partial charge in [0.05, 0.1) is 16.2 Å². The van der Waals surface area contributed by atoms with Crippen molar-refractivity contribution < 1.29 is 13.9 Å². The second kappa shape index (κ2) is 6.22. The van der Waals surface area contributed by atoms with Crippen LogP contribution in [0.2, 0.25) is 0 Å². The van der Waals surface area contributed by atoms with Gasteiger partial charge in [0.1, 0.15) is 17.4 Å². The SMILES string of the molecule is CCC(Nc1cc(Br)c(F)cc1F)c1ccc(O)cc1. The monoisotopic (exact) mass is 341 g/mol. The number of phenols is 1. The molecule has 5 heteroatoms. The van der Waals surface area contributed by atoms with Gasteiger partial charge >= 0.3 is 0 Å². The second-order valence-electron chi connectivity index (χ2n) is 4.44. The molecule has 2 rings (SSSR count). The molecule has 0 aliphatic heterocycles. The summed E-state index contributed by atoms with van der Waals surface area (Å²) in [6.45, 7) is 1.96. The quantitative estimate of drug-likeness (QED) is 0.767. The van der Waals surface area contributed by atoms with Crippen molar-refractivity contribution in [2.24, 2.45) is 0 Å². The van der Waals surface area contributed by atoms with Gasteiger partial charge in [-0.1, -0.05) is 19.1 Å². The molecule has 0 aliphatic carbocycles. The summed E-state index contributed by atoms with van der Waals surface area (Å²) in [5.41, 5.74) is 1.16. The average Bonchev–Trinajstić information content (AvgIpc) is 2.42. The highest BCUT2D eigenvalue weighted by molar-refractivity contribution is 9.10. The van der Waals surface area contributed by atoms with Crippen LogP contribution in [0.3, 0.4) is 0 Å². The molecule has 0 radical (unpaired) electrons. The normalized spacial score (nSPS) is 12.2. The van der Waals surface area contributed by atoms with E-state index < -0.39 is 11.6 Å². The fraction of sp³-hybridized carbons (Fsp3) is 0.200. The van der Waals surface area contributed by atoms with Crippen LogP contribution < -0.4 is 5.32 Å². The molecule has 0 saturated carbocycles. The Bertz CT molecular complexity index is 602. The smallest absolute Gasteiger partial charge is 0.149 e. The first-order chi connectivity index (χ1) is 9.51. The van der Waals surface area contributed by atoms with Crippen molar-refractivity contribution in [1.82, 2.24) is 0 Å². The lowest BCUT2D eigenvalue weighted by atomic mass is 10.0. The molecule has 0 saturated heterocycles. The summed E-state index contributed by atoms with van der Waals surface area (Å²) in [7, 11) is 0. The molecule has 0 amide bonds. The molecule has 0 heterocycles. The van der Waals surface area contributed by atoms with Crippen molar-refractivity contribution in [3.05, 3.63) is 58.1 Å². The number of anilines is 1. The van der Waals surface area contributed by atoms with E-state index in [2.05, 4.69) is 21.2 Å². The van der Waals surface area contributed by atoms with Crippen molar-refractivity contribution in [1.29, 1.82) is 0 Å². The van der Waals surface area contributed by atoms with Crippen LogP contribution in [0.5, 0.6) is 5.75 Å². The zero-order valence-electron chi connectivity index (χ0n) is 10.8. The van der Waals surface area contributed by atoms with Gasteiger partial charge in [-0.05, 0) is 46.1 Å². The van der Waals surface area contributed by atoms with Gasteiger partial charge in [0.15, 0.2) is 0 Å². The van der Waals surface area contributed by atoms with Crippen LogP contribution in [0.1, 0.15) is 24.9 Å². The summed E-state index contributed by atoms with van der Waals surface area (Å²) in [6.07, 6.45) is 0.721. The van der Waals surface area contributed by atoms with E-state index in [1.54, 1.807) is 24.3 Å². The predicted molar refractivity (Wildman–Crippen MR) is 78.8 cm³/mol. The van der Waals surface area contributed by atoms with Crippen molar-refractivity contribution in [3.8, 4) is 5.75 Å².